The lowest BCUT2D eigenvalue weighted by molar-refractivity contribution is -0.419. The van der Waals surface area contributed by atoms with Gasteiger partial charge in [-0.1, -0.05) is 6.58 Å². The Labute approximate surface area is 64.4 Å². The molecule has 11 heavy (non-hydrogen) atoms. The minimum absolute atomic E-state index is 0.0856. The van der Waals surface area contributed by atoms with Crippen molar-refractivity contribution in [2.24, 2.45) is 0 Å². The van der Waals surface area contributed by atoms with Crippen molar-refractivity contribution in [2.75, 3.05) is 0 Å². The Balaban J connectivity index is 4.24. The Bertz CT molecular complexity index is 218. The molecule has 0 aliphatic rings. The molecular weight excluding hydrogens is 146 g/mol. The molecule has 0 unspecified atom stereocenters. The molecule has 0 saturated heterocycles. The molecule has 0 fully saturated rings. The molecular formula is C7H9NO3. The van der Waals surface area contributed by atoms with E-state index in [-0.39, 0.29) is 17.9 Å². The van der Waals surface area contributed by atoms with Crippen molar-refractivity contribution in [1.82, 2.24) is 0 Å². The SMILES string of the molecule is C=C/C(=C\CC(C)=O)[N+](=O)[O-]. The molecule has 0 aromatic heterocycles. The fraction of sp³-hybridized carbons (Fsp3) is 0.286. The van der Waals surface area contributed by atoms with Gasteiger partial charge >= 0.3 is 0 Å². The zero-order chi connectivity index (χ0) is 8.85. The van der Waals surface area contributed by atoms with Crippen LogP contribution in [-0.4, -0.2) is 10.7 Å². The van der Waals surface area contributed by atoms with E-state index in [0.29, 0.717) is 0 Å². The lowest BCUT2D eigenvalue weighted by atomic mass is 10.2. The minimum atomic E-state index is -0.573. The predicted octanol–water partition coefficient (Wildman–Crippen LogP) is 1.31. The number of allylic oxidation sites excluding steroid dienone is 2. The number of rotatable bonds is 4. The molecule has 0 atom stereocenters. The fourth-order valence-corrected chi connectivity index (χ4v) is 0.481. The molecule has 0 heterocycles. The predicted molar refractivity (Wildman–Crippen MR) is 40.6 cm³/mol. The van der Waals surface area contributed by atoms with Gasteiger partial charge in [0.1, 0.15) is 5.78 Å². The Hall–Kier alpha value is -1.45. The Morgan fingerprint density at radius 3 is 2.55 bits per heavy atom. The first-order chi connectivity index (χ1) is 5.07. The van der Waals surface area contributed by atoms with Crippen LogP contribution in [0.5, 0.6) is 0 Å². The van der Waals surface area contributed by atoms with E-state index < -0.39 is 4.92 Å². The van der Waals surface area contributed by atoms with E-state index in [1.54, 1.807) is 0 Å². The first-order valence-corrected chi connectivity index (χ1v) is 3.04. The van der Waals surface area contributed by atoms with Crippen LogP contribution in [0.3, 0.4) is 0 Å². The van der Waals surface area contributed by atoms with Gasteiger partial charge in [-0.15, -0.1) is 0 Å². The van der Waals surface area contributed by atoms with Gasteiger partial charge in [0.05, 0.1) is 4.92 Å². The number of hydrogen-bond donors (Lipinski definition) is 0. The van der Waals surface area contributed by atoms with Crippen LogP contribution in [0.4, 0.5) is 0 Å². The van der Waals surface area contributed by atoms with E-state index in [9.17, 15) is 14.9 Å². The lowest BCUT2D eigenvalue weighted by Crippen LogP contribution is -1.96. The first kappa shape index (κ1) is 9.55. The summed E-state index contributed by atoms with van der Waals surface area (Å²) in [5.41, 5.74) is -0.125. The second-order valence-corrected chi connectivity index (χ2v) is 2.00. The lowest BCUT2D eigenvalue weighted by Gasteiger charge is -1.88. The van der Waals surface area contributed by atoms with Gasteiger partial charge in [-0.05, 0) is 6.92 Å². The Morgan fingerprint density at radius 2 is 2.27 bits per heavy atom. The molecule has 60 valence electrons. The maximum Gasteiger partial charge on any atom is 0.265 e. The Morgan fingerprint density at radius 1 is 1.73 bits per heavy atom. The molecule has 0 aliphatic carbocycles. The number of carbonyl (C=O) groups is 1. The van der Waals surface area contributed by atoms with Crippen LogP contribution in [0.1, 0.15) is 13.3 Å². The van der Waals surface area contributed by atoms with Gasteiger partial charge in [-0.2, -0.15) is 0 Å². The number of ketones is 1. The van der Waals surface area contributed by atoms with E-state index >= 15 is 0 Å². The number of nitrogens with zero attached hydrogens (tertiary/aromatic N) is 1. The molecule has 0 bridgehead atoms. The second-order valence-electron chi connectivity index (χ2n) is 2.00. The van der Waals surface area contributed by atoms with Crippen molar-refractivity contribution in [3.8, 4) is 0 Å². The van der Waals surface area contributed by atoms with Crippen molar-refractivity contribution < 1.29 is 9.72 Å². The molecule has 4 heteroatoms. The van der Waals surface area contributed by atoms with E-state index in [0.717, 1.165) is 6.08 Å². The maximum atomic E-state index is 10.4. The first-order valence-electron chi connectivity index (χ1n) is 3.04. The molecule has 0 amide bonds. The highest BCUT2D eigenvalue weighted by Crippen LogP contribution is 1.98. The normalized spacial score (nSPS) is 10.8. The van der Waals surface area contributed by atoms with Crippen LogP contribution < -0.4 is 0 Å². The highest BCUT2D eigenvalue weighted by Gasteiger charge is 2.03. The van der Waals surface area contributed by atoms with Gasteiger partial charge in [-0.25, -0.2) is 0 Å². The average Bonchev–Trinajstić information content (AvgIpc) is 1.87. The monoisotopic (exact) mass is 155 g/mol. The van der Waals surface area contributed by atoms with Crippen molar-refractivity contribution in [1.29, 1.82) is 0 Å². The van der Waals surface area contributed by atoms with Gasteiger partial charge in [0, 0.05) is 18.6 Å². The van der Waals surface area contributed by atoms with Crippen molar-refractivity contribution >= 4 is 5.78 Å². The summed E-state index contributed by atoms with van der Waals surface area (Å²) in [4.78, 5) is 19.9. The number of nitro groups is 1. The van der Waals surface area contributed by atoms with Gasteiger partial charge in [0.2, 0.25) is 0 Å². The highest BCUT2D eigenvalue weighted by molar-refractivity contribution is 5.77. The summed E-state index contributed by atoms with van der Waals surface area (Å²) in [6.45, 7) is 4.61. The largest absolute Gasteiger partial charge is 0.300 e. The van der Waals surface area contributed by atoms with Gasteiger partial charge in [0.25, 0.3) is 5.70 Å². The topological polar surface area (TPSA) is 60.2 Å². The van der Waals surface area contributed by atoms with Crippen LogP contribution in [0.15, 0.2) is 24.4 Å². The summed E-state index contributed by atoms with van der Waals surface area (Å²) in [6.07, 6.45) is 2.45. The summed E-state index contributed by atoms with van der Waals surface area (Å²) >= 11 is 0. The summed E-state index contributed by atoms with van der Waals surface area (Å²) in [6, 6.07) is 0. The van der Waals surface area contributed by atoms with Crippen LogP contribution >= 0.6 is 0 Å². The van der Waals surface area contributed by atoms with Crippen molar-refractivity contribution in [3.63, 3.8) is 0 Å². The van der Waals surface area contributed by atoms with Gasteiger partial charge in [-0.3, -0.25) is 14.9 Å². The minimum Gasteiger partial charge on any atom is -0.300 e. The highest BCUT2D eigenvalue weighted by atomic mass is 16.6. The zero-order valence-electron chi connectivity index (χ0n) is 6.24. The molecule has 0 aliphatic heterocycles. The van der Waals surface area contributed by atoms with E-state index in [1.165, 1.54) is 13.0 Å². The second kappa shape index (κ2) is 4.38. The molecule has 0 aromatic rings. The maximum absolute atomic E-state index is 10.4. The summed E-state index contributed by atoms with van der Waals surface area (Å²) in [5, 5.41) is 10.1. The van der Waals surface area contributed by atoms with Crippen LogP contribution in [0.25, 0.3) is 0 Å². The molecule has 0 rings (SSSR count). The quantitative estimate of drug-likeness (QED) is 0.349. The van der Waals surface area contributed by atoms with Gasteiger partial charge < -0.3 is 0 Å². The number of hydrogen-bond acceptors (Lipinski definition) is 3. The molecule has 4 nitrogen and oxygen atoms in total. The molecule has 0 spiro atoms. The zero-order valence-corrected chi connectivity index (χ0v) is 6.24. The summed E-state index contributed by atoms with van der Waals surface area (Å²) in [7, 11) is 0. The molecule has 0 aromatic carbocycles. The number of carbonyl (C=O) groups excluding carboxylic acids is 1. The summed E-state index contributed by atoms with van der Waals surface area (Å²) < 4.78 is 0. The van der Waals surface area contributed by atoms with E-state index in [4.69, 9.17) is 0 Å². The Kier molecular flexibility index (Phi) is 3.80. The molecule has 0 radical (unpaired) electrons. The molecule has 0 N–H and O–H groups in total. The van der Waals surface area contributed by atoms with E-state index in [2.05, 4.69) is 6.58 Å². The smallest absolute Gasteiger partial charge is 0.265 e. The van der Waals surface area contributed by atoms with Crippen molar-refractivity contribution in [2.45, 2.75) is 13.3 Å². The number of Topliss-reactive ketones (excluding diaryl/α,β-unsaturated/α-hetero) is 1. The van der Waals surface area contributed by atoms with Crippen LogP contribution in [-0.2, 0) is 4.79 Å². The van der Waals surface area contributed by atoms with Crippen LogP contribution in [0, 0.1) is 10.1 Å². The molecule has 0 saturated carbocycles. The standard InChI is InChI=1S/C7H9NO3/c1-3-7(8(10)11)5-4-6(2)9/h3,5H,1,4H2,2H3/b7-5+. The third kappa shape index (κ3) is 4.02. The van der Waals surface area contributed by atoms with Gasteiger partial charge in [0.15, 0.2) is 0 Å². The van der Waals surface area contributed by atoms with Crippen molar-refractivity contribution in [3.05, 3.63) is 34.5 Å². The fourth-order valence-electron chi connectivity index (χ4n) is 0.481. The van der Waals surface area contributed by atoms with Crippen LogP contribution in [0.2, 0.25) is 0 Å². The third-order valence-electron chi connectivity index (χ3n) is 1.02. The summed E-state index contributed by atoms with van der Waals surface area (Å²) in [5.74, 6) is -0.105. The van der Waals surface area contributed by atoms with E-state index in [1.807, 2.05) is 0 Å². The third-order valence-corrected chi connectivity index (χ3v) is 1.02. The average molecular weight is 155 g/mol.